The van der Waals surface area contributed by atoms with Crippen molar-refractivity contribution >= 4 is 17.5 Å². The van der Waals surface area contributed by atoms with E-state index < -0.39 is 0 Å². The first-order valence-electron chi connectivity index (χ1n) is 6.14. The average molecular weight is 278 g/mol. The quantitative estimate of drug-likeness (QED) is 0.909. The first-order chi connectivity index (χ1) is 9.20. The van der Waals surface area contributed by atoms with Crippen molar-refractivity contribution in [3.8, 4) is 5.88 Å². The smallest absolute Gasteiger partial charge is 0.225 e. The molecule has 0 saturated carbocycles. The van der Waals surface area contributed by atoms with Gasteiger partial charge in [-0.25, -0.2) is 4.98 Å². The summed E-state index contributed by atoms with van der Waals surface area (Å²) >= 11 is 6.09. The van der Waals surface area contributed by atoms with Gasteiger partial charge in [0.15, 0.2) is 0 Å². The number of ether oxygens (including phenoxy) is 1. The molecule has 1 aromatic heterocycles. The van der Waals surface area contributed by atoms with Gasteiger partial charge in [0.1, 0.15) is 6.61 Å². The zero-order chi connectivity index (χ0) is 13.7. The van der Waals surface area contributed by atoms with Gasteiger partial charge in [0.05, 0.1) is 0 Å². The van der Waals surface area contributed by atoms with Gasteiger partial charge >= 0.3 is 0 Å². The highest BCUT2D eigenvalue weighted by Crippen LogP contribution is 2.20. The van der Waals surface area contributed by atoms with Crippen LogP contribution in [0.5, 0.6) is 5.88 Å². The maximum atomic E-state index is 6.09. The van der Waals surface area contributed by atoms with Crippen molar-refractivity contribution in [1.82, 2.24) is 9.97 Å². The number of halogens is 1. The second-order valence-corrected chi connectivity index (χ2v) is 4.50. The summed E-state index contributed by atoms with van der Waals surface area (Å²) in [6, 6.07) is 7.60. The van der Waals surface area contributed by atoms with Gasteiger partial charge in [-0.3, -0.25) is 0 Å². The fraction of sp³-hybridized carbons (Fsp3) is 0.286. The van der Waals surface area contributed by atoms with Crippen LogP contribution in [-0.4, -0.2) is 16.5 Å². The minimum absolute atomic E-state index is 0.392. The summed E-state index contributed by atoms with van der Waals surface area (Å²) in [5, 5.41) is 3.75. The third kappa shape index (κ3) is 3.58. The lowest BCUT2D eigenvalue weighted by Gasteiger charge is -2.10. The summed E-state index contributed by atoms with van der Waals surface area (Å²) in [4.78, 5) is 8.49. The van der Waals surface area contributed by atoms with Gasteiger partial charge in [0.25, 0.3) is 0 Å². The Balaban J connectivity index is 2.10. The van der Waals surface area contributed by atoms with Crippen molar-refractivity contribution in [2.24, 2.45) is 0 Å². The van der Waals surface area contributed by atoms with E-state index in [1.807, 2.05) is 38.1 Å². The van der Waals surface area contributed by atoms with Crippen LogP contribution in [0.2, 0.25) is 5.02 Å². The normalized spacial score (nSPS) is 10.3. The molecule has 0 saturated heterocycles. The minimum Gasteiger partial charge on any atom is -0.472 e. The summed E-state index contributed by atoms with van der Waals surface area (Å²) in [6.07, 6.45) is 1.74. The molecule has 5 heteroatoms. The highest BCUT2D eigenvalue weighted by Gasteiger charge is 2.06. The predicted molar refractivity (Wildman–Crippen MR) is 76.7 cm³/mol. The average Bonchev–Trinajstić information content (AvgIpc) is 2.41. The lowest BCUT2D eigenvalue weighted by molar-refractivity contribution is 0.291. The van der Waals surface area contributed by atoms with Gasteiger partial charge in [0.2, 0.25) is 11.8 Å². The molecule has 0 aliphatic carbocycles. The second-order valence-electron chi connectivity index (χ2n) is 4.09. The van der Waals surface area contributed by atoms with E-state index in [1.54, 1.807) is 6.20 Å². The Morgan fingerprint density at radius 3 is 2.84 bits per heavy atom. The Labute approximate surface area is 117 Å². The lowest BCUT2D eigenvalue weighted by Crippen LogP contribution is -2.05. The number of aromatic nitrogens is 2. The summed E-state index contributed by atoms with van der Waals surface area (Å²) in [6.45, 7) is 5.07. The van der Waals surface area contributed by atoms with E-state index in [4.69, 9.17) is 16.3 Å². The Kier molecular flexibility index (Phi) is 4.58. The maximum Gasteiger partial charge on any atom is 0.225 e. The number of hydrogen-bond donors (Lipinski definition) is 1. The zero-order valence-electron chi connectivity index (χ0n) is 11.0. The summed E-state index contributed by atoms with van der Waals surface area (Å²) in [5.74, 6) is 1.15. The molecule has 0 spiro atoms. The first kappa shape index (κ1) is 13.6. The van der Waals surface area contributed by atoms with Crippen molar-refractivity contribution in [2.75, 3.05) is 11.9 Å². The molecule has 0 radical (unpaired) electrons. The molecule has 0 unspecified atom stereocenters. The largest absolute Gasteiger partial charge is 0.472 e. The fourth-order valence-corrected chi connectivity index (χ4v) is 1.77. The number of aryl methyl sites for hydroxylation is 1. The van der Waals surface area contributed by atoms with Crippen molar-refractivity contribution in [2.45, 2.75) is 20.5 Å². The van der Waals surface area contributed by atoms with Crippen LogP contribution < -0.4 is 10.1 Å². The van der Waals surface area contributed by atoms with Crippen LogP contribution in [0, 0.1) is 6.92 Å². The zero-order valence-corrected chi connectivity index (χ0v) is 11.7. The number of benzene rings is 1. The van der Waals surface area contributed by atoms with Crippen LogP contribution in [0.4, 0.5) is 5.95 Å². The molecule has 0 bridgehead atoms. The van der Waals surface area contributed by atoms with Gasteiger partial charge in [-0.05, 0) is 19.9 Å². The highest BCUT2D eigenvalue weighted by molar-refractivity contribution is 6.31. The lowest BCUT2D eigenvalue weighted by atomic mass is 10.2. The highest BCUT2D eigenvalue weighted by atomic mass is 35.5. The Hall–Kier alpha value is -1.81. The van der Waals surface area contributed by atoms with Crippen LogP contribution in [0.3, 0.4) is 0 Å². The molecular formula is C14H16ClN3O. The molecule has 1 N–H and O–H groups in total. The number of hydrogen-bond acceptors (Lipinski definition) is 4. The molecule has 1 heterocycles. The van der Waals surface area contributed by atoms with Crippen molar-refractivity contribution in [3.05, 3.63) is 46.6 Å². The van der Waals surface area contributed by atoms with Crippen LogP contribution >= 0.6 is 11.6 Å². The molecule has 0 fully saturated rings. The molecule has 0 atom stereocenters. The van der Waals surface area contributed by atoms with Gasteiger partial charge in [-0.15, -0.1) is 0 Å². The molecule has 1 aromatic carbocycles. The van der Waals surface area contributed by atoms with E-state index in [0.717, 1.165) is 17.7 Å². The third-order valence-electron chi connectivity index (χ3n) is 2.58. The van der Waals surface area contributed by atoms with Crippen molar-refractivity contribution in [3.63, 3.8) is 0 Å². The number of nitrogens with zero attached hydrogens (tertiary/aromatic N) is 2. The minimum atomic E-state index is 0.392. The topological polar surface area (TPSA) is 47.0 Å². The van der Waals surface area contributed by atoms with E-state index in [2.05, 4.69) is 15.3 Å². The number of anilines is 1. The second kappa shape index (κ2) is 6.38. The summed E-state index contributed by atoms with van der Waals surface area (Å²) in [7, 11) is 0. The Bertz CT molecular complexity index is 560. The van der Waals surface area contributed by atoms with Crippen LogP contribution in [0.1, 0.15) is 18.1 Å². The standard InChI is InChI=1S/C14H16ClN3O/c1-3-16-14-17-8-10(2)13(18-14)19-9-11-6-4-5-7-12(11)15/h4-8H,3,9H2,1-2H3,(H,16,17,18). The van der Waals surface area contributed by atoms with Gasteiger partial charge in [-0.1, -0.05) is 29.8 Å². The Morgan fingerprint density at radius 2 is 2.11 bits per heavy atom. The van der Waals surface area contributed by atoms with Gasteiger partial charge < -0.3 is 10.1 Å². The molecule has 2 aromatic rings. The van der Waals surface area contributed by atoms with E-state index in [9.17, 15) is 0 Å². The molecular weight excluding hydrogens is 262 g/mol. The van der Waals surface area contributed by atoms with Gasteiger partial charge in [-0.2, -0.15) is 4.98 Å². The molecule has 0 aliphatic heterocycles. The van der Waals surface area contributed by atoms with E-state index in [1.165, 1.54) is 0 Å². The first-order valence-corrected chi connectivity index (χ1v) is 6.52. The molecule has 100 valence electrons. The molecule has 2 rings (SSSR count). The van der Waals surface area contributed by atoms with Crippen LogP contribution in [-0.2, 0) is 6.61 Å². The predicted octanol–water partition coefficient (Wildman–Crippen LogP) is 3.45. The van der Waals surface area contributed by atoms with Crippen molar-refractivity contribution in [1.29, 1.82) is 0 Å². The molecule has 0 aliphatic rings. The summed E-state index contributed by atoms with van der Waals surface area (Å²) in [5.41, 5.74) is 1.83. The number of nitrogens with one attached hydrogen (secondary N) is 1. The monoisotopic (exact) mass is 277 g/mol. The van der Waals surface area contributed by atoms with E-state index >= 15 is 0 Å². The molecule has 0 amide bonds. The maximum absolute atomic E-state index is 6.09. The van der Waals surface area contributed by atoms with Crippen molar-refractivity contribution < 1.29 is 4.74 Å². The number of rotatable bonds is 5. The fourth-order valence-electron chi connectivity index (χ4n) is 1.58. The molecule has 4 nitrogen and oxygen atoms in total. The van der Waals surface area contributed by atoms with E-state index in [0.29, 0.717) is 23.5 Å². The van der Waals surface area contributed by atoms with Gasteiger partial charge in [0, 0.05) is 28.9 Å². The summed E-state index contributed by atoms with van der Waals surface area (Å²) < 4.78 is 5.72. The van der Waals surface area contributed by atoms with Crippen LogP contribution in [0.15, 0.2) is 30.5 Å². The molecule has 19 heavy (non-hydrogen) atoms. The van der Waals surface area contributed by atoms with Crippen LogP contribution in [0.25, 0.3) is 0 Å². The third-order valence-corrected chi connectivity index (χ3v) is 2.95. The Morgan fingerprint density at radius 1 is 1.32 bits per heavy atom. The van der Waals surface area contributed by atoms with E-state index in [-0.39, 0.29) is 0 Å². The SMILES string of the molecule is CCNc1ncc(C)c(OCc2ccccc2Cl)n1.